The number of carbonyl (C=O) groups excluding carboxylic acids is 3. The first kappa shape index (κ1) is 32.9. The Morgan fingerprint density at radius 3 is 2.45 bits per heavy atom. The van der Waals surface area contributed by atoms with Crippen molar-refractivity contribution in [1.29, 1.82) is 0 Å². The van der Waals surface area contributed by atoms with Crippen LogP contribution >= 0.6 is 0 Å². The second-order valence-corrected chi connectivity index (χ2v) is 13.7. The van der Waals surface area contributed by atoms with Gasteiger partial charge >= 0.3 is 0 Å². The molecule has 0 saturated carbocycles. The molecule has 47 heavy (non-hydrogen) atoms. The van der Waals surface area contributed by atoms with E-state index in [1.807, 2.05) is 90.7 Å². The second-order valence-electron chi connectivity index (χ2n) is 13.7. The molecule has 6 rings (SSSR count). The number of nitrogens with zero attached hydrogens (tertiary/aromatic N) is 3. The van der Waals surface area contributed by atoms with Gasteiger partial charge in [0.15, 0.2) is 5.60 Å². The molecular weight excluding hydrogens is 594 g/mol. The fourth-order valence-corrected chi connectivity index (χ4v) is 7.99. The number of anilines is 2. The molecule has 9 heteroatoms. The Morgan fingerprint density at radius 1 is 1.00 bits per heavy atom. The molecule has 9 nitrogen and oxygen atoms in total. The van der Waals surface area contributed by atoms with Gasteiger partial charge in [0.05, 0.1) is 37.0 Å². The molecule has 1 spiro atoms. The van der Waals surface area contributed by atoms with Crippen LogP contribution in [0.15, 0.2) is 78.9 Å². The molecule has 3 amide bonds. The lowest BCUT2D eigenvalue weighted by molar-refractivity contribution is -0.150. The van der Waals surface area contributed by atoms with Gasteiger partial charge in [-0.05, 0) is 56.0 Å². The summed E-state index contributed by atoms with van der Waals surface area (Å²) in [4.78, 5) is 46.4. The predicted octanol–water partition coefficient (Wildman–Crippen LogP) is 4.78. The van der Waals surface area contributed by atoms with Gasteiger partial charge in [0.2, 0.25) is 11.8 Å². The highest BCUT2D eigenvalue weighted by atomic mass is 16.5. The minimum absolute atomic E-state index is 0.0467. The van der Waals surface area contributed by atoms with Gasteiger partial charge in [-0.1, -0.05) is 67.6 Å². The minimum atomic E-state index is -1.39. The first-order chi connectivity index (χ1) is 22.5. The maximum absolute atomic E-state index is 14.7. The van der Waals surface area contributed by atoms with E-state index in [9.17, 15) is 24.6 Å². The largest absolute Gasteiger partial charge is 0.395 e. The molecule has 3 aliphatic heterocycles. The zero-order valence-corrected chi connectivity index (χ0v) is 27.5. The Morgan fingerprint density at radius 2 is 1.72 bits per heavy atom. The number of hydrogen-bond donors (Lipinski definition) is 2. The molecular formula is C38H45N3O6. The third kappa shape index (κ3) is 6.20. The van der Waals surface area contributed by atoms with Gasteiger partial charge in [0.25, 0.3) is 5.91 Å². The van der Waals surface area contributed by atoms with E-state index in [1.165, 1.54) is 0 Å². The molecule has 3 heterocycles. The zero-order chi connectivity index (χ0) is 33.3. The van der Waals surface area contributed by atoms with Crippen LogP contribution in [0.4, 0.5) is 11.4 Å². The smallest absolute Gasteiger partial charge is 0.264 e. The number of amides is 3. The highest BCUT2D eigenvalue weighted by Gasteiger charge is 2.66. The van der Waals surface area contributed by atoms with Crippen LogP contribution in [0.2, 0.25) is 0 Å². The van der Waals surface area contributed by atoms with Crippen LogP contribution in [0.3, 0.4) is 0 Å². The van der Waals surface area contributed by atoms with Crippen molar-refractivity contribution >= 4 is 29.1 Å². The molecule has 0 bridgehead atoms. The van der Waals surface area contributed by atoms with Crippen molar-refractivity contribution in [3.8, 4) is 0 Å². The second kappa shape index (κ2) is 13.2. The first-order valence-corrected chi connectivity index (χ1v) is 16.7. The lowest BCUT2D eigenvalue weighted by atomic mass is 9.71. The number of para-hydroxylation sites is 1. The van der Waals surface area contributed by atoms with Crippen LogP contribution in [0.1, 0.15) is 63.1 Å². The summed E-state index contributed by atoms with van der Waals surface area (Å²) in [5.41, 5.74) is 1.46. The third-order valence-corrected chi connectivity index (χ3v) is 10.1. The summed E-state index contributed by atoms with van der Waals surface area (Å²) >= 11 is 0. The van der Waals surface area contributed by atoms with Crippen molar-refractivity contribution in [1.82, 2.24) is 4.90 Å². The summed E-state index contributed by atoms with van der Waals surface area (Å²) < 4.78 is 6.84. The molecule has 2 saturated heterocycles. The monoisotopic (exact) mass is 639 g/mol. The van der Waals surface area contributed by atoms with Gasteiger partial charge in [0, 0.05) is 49.1 Å². The third-order valence-electron chi connectivity index (χ3n) is 10.1. The summed E-state index contributed by atoms with van der Waals surface area (Å²) in [6.07, 6.45) is 1.60. The average Bonchev–Trinajstić information content (AvgIpc) is 3.48. The van der Waals surface area contributed by atoms with Crippen LogP contribution in [-0.2, 0) is 37.8 Å². The lowest BCUT2D eigenvalue weighted by Crippen LogP contribution is -2.46. The Balaban J connectivity index is 1.30. The van der Waals surface area contributed by atoms with E-state index < -0.39 is 29.1 Å². The maximum Gasteiger partial charge on any atom is 0.264 e. The van der Waals surface area contributed by atoms with Gasteiger partial charge in [-0.25, -0.2) is 0 Å². The van der Waals surface area contributed by atoms with Crippen LogP contribution in [-0.4, -0.2) is 64.2 Å². The van der Waals surface area contributed by atoms with Crippen LogP contribution in [0, 0.1) is 11.8 Å². The van der Waals surface area contributed by atoms with Crippen molar-refractivity contribution in [3.05, 3.63) is 95.6 Å². The van der Waals surface area contributed by atoms with E-state index in [-0.39, 0.29) is 43.8 Å². The molecule has 3 aliphatic rings. The molecule has 2 fully saturated rings. The fraction of sp³-hybridized carbons (Fsp3) is 0.447. The normalized spacial score (nSPS) is 24.2. The van der Waals surface area contributed by atoms with Crippen molar-refractivity contribution in [2.24, 2.45) is 11.8 Å². The quantitative estimate of drug-likeness (QED) is 0.331. The number of benzene rings is 3. The summed E-state index contributed by atoms with van der Waals surface area (Å²) in [6.45, 7) is 6.62. The SMILES string of the molecule is C[C@H]1[C@H](C(C)(C)O)[C@@H](CC(=O)N(CCO)Cc2ccccc2)O[C@]12C(=O)N(Cc1cccc(N3CCCCC3=O)c1)c1ccccc12. The predicted molar refractivity (Wildman–Crippen MR) is 179 cm³/mol. The molecule has 3 aromatic carbocycles. The number of aliphatic hydroxyl groups excluding tert-OH is 1. The molecule has 2 N–H and O–H groups in total. The Labute approximate surface area is 276 Å². The summed E-state index contributed by atoms with van der Waals surface area (Å²) in [5, 5.41) is 21.3. The zero-order valence-electron chi connectivity index (χ0n) is 27.5. The van der Waals surface area contributed by atoms with Gasteiger partial charge in [0.1, 0.15) is 0 Å². The van der Waals surface area contributed by atoms with E-state index >= 15 is 0 Å². The van der Waals surface area contributed by atoms with Crippen molar-refractivity contribution in [2.75, 3.05) is 29.5 Å². The number of fused-ring (bicyclic) bond motifs is 2. The number of carbonyl (C=O) groups is 3. The van der Waals surface area contributed by atoms with Gasteiger partial charge in [-0.15, -0.1) is 0 Å². The van der Waals surface area contributed by atoms with Gasteiger partial charge < -0.3 is 29.6 Å². The Kier molecular flexibility index (Phi) is 9.25. The first-order valence-electron chi connectivity index (χ1n) is 16.7. The van der Waals surface area contributed by atoms with Crippen LogP contribution < -0.4 is 9.80 Å². The number of piperidine rings is 1. The highest BCUT2D eigenvalue weighted by Crippen LogP contribution is 2.58. The number of aliphatic hydroxyl groups is 2. The van der Waals surface area contributed by atoms with E-state index in [1.54, 1.807) is 23.6 Å². The van der Waals surface area contributed by atoms with Crippen molar-refractivity contribution in [2.45, 2.75) is 76.9 Å². The molecule has 4 atom stereocenters. The molecule has 0 radical (unpaired) electrons. The van der Waals surface area contributed by atoms with Crippen LogP contribution in [0.25, 0.3) is 0 Å². The maximum atomic E-state index is 14.7. The lowest BCUT2D eigenvalue weighted by Gasteiger charge is -2.34. The molecule has 0 aromatic heterocycles. The summed E-state index contributed by atoms with van der Waals surface area (Å²) in [5.74, 6) is -1.33. The van der Waals surface area contributed by atoms with Crippen molar-refractivity contribution < 1.29 is 29.3 Å². The number of rotatable bonds is 10. The number of hydrogen-bond acceptors (Lipinski definition) is 6. The van der Waals surface area contributed by atoms with Crippen molar-refractivity contribution in [3.63, 3.8) is 0 Å². The highest BCUT2D eigenvalue weighted by molar-refractivity contribution is 6.07. The van der Waals surface area contributed by atoms with Crippen LogP contribution in [0.5, 0.6) is 0 Å². The number of ether oxygens (including phenoxy) is 1. The molecule has 248 valence electrons. The van der Waals surface area contributed by atoms with E-state index in [4.69, 9.17) is 4.74 Å². The van der Waals surface area contributed by atoms with Gasteiger partial charge in [-0.3, -0.25) is 14.4 Å². The fourth-order valence-electron chi connectivity index (χ4n) is 7.99. The average molecular weight is 640 g/mol. The van der Waals surface area contributed by atoms with E-state index in [0.29, 0.717) is 19.5 Å². The summed E-state index contributed by atoms with van der Waals surface area (Å²) in [6, 6.07) is 25.0. The Bertz CT molecular complexity index is 1620. The molecule has 0 aliphatic carbocycles. The molecule has 0 unspecified atom stereocenters. The Hall–Kier alpha value is -4.05. The van der Waals surface area contributed by atoms with E-state index in [0.717, 1.165) is 40.9 Å². The van der Waals surface area contributed by atoms with Gasteiger partial charge in [-0.2, -0.15) is 0 Å². The minimum Gasteiger partial charge on any atom is -0.395 e. The molecule has 3 aromatic rings. The van der Waals surface area contributed by atoms with E-state index in [2.05, 4.69) is 0 Å². The standard InChI is InChI=1S/C38H45N3O6/c1-26-35(37(2,3)46)32(23-34(44)39(20-21-42)24-27-12-5-4-6-13-27)47-38(26)30-16-7-8-17-31(30)41(36(38)45)25-28-14-11-15-29(22-28)40-19-10-9-18-33(40)43/h4-8,11-17,22,26,32,35,42,46H,9-10,18-21,23-25H2,1-3H3/t26-,32+,35-,38+/m0/s1. The topological polar surface area (TPSA) is 111 Å². The summed E-state index contributed by atoms with van der Waals surface area (Å²) in [7, 11) is 0.